The number of nitrogens with zero attached hydrogens (tertiary/aromatic N) is 2. The van der Waals surface area contributed by atoms with Crippen LogP contribution in [0.1, 0.15) is 24.0 Å². The van der Waals surface area contributed by atoms with E-state index >= 15 is 0 Å². The zero-order chi connectivity index (χ0) is 21.0. The maximum absolute atomic E-state index is 12.7. The summed E-state index contributed by atoms with van der Waals surface area (Å²) in [7, 11) is 0. The molecule has 3 amide bonds. The number of carbonyl (C=O) groups excluding carboxylic acids is 3. The van der Waals surface area contributed by atoms with E-state index in [1.54, 1.807) is 31.2 Å². The smallest absolute Gasteiger partial charge is 0.417 e. The van der Waals surface area contributed by atoms with E-state index in [0.717, 1.165) is 10.5 Å². The van der Waals surface area contributed by atoms with Crippen molar-refractivity contribution in [3.63, 3.8) is 0 Å². The molecular weight excluding hydrogens is 378 g/mol. The third kappa shape index (κ3) is 4.57. The van der Waals surface area contributed by atoms with Gasteiger partial charge in [-0.1, -0.05) is 30.3 Å². The van der Waals surface area contributed by atoms with Crippen molar-refractivity contribution in [2.45, 2.75) is 32.4 Å². The SMILES string of the molecule is Cc1cc([N+](=O)[O-])ccc1NC(=O)[C@@H]1CCC(=O)N1C(=O)OCc1ccccc1. The molecule has 2 aromatic carbocycles. The van der Waals surface area contributed by atoms with Gasteiger partial charge >= 0.3 is 6.09 Å². The van der Waals surface area contributed by atoms with Crippen molar-refractivity contribution in [1.29, 1.82) is 0 Å². The molecule has 150 valence electrons. The largest absolute Gasteiger partial charge is 0.444 e. The first-order valence-corrected chi connectivity index (χ1v) is 8.95. The minimum absolute atomic E-state index is 0.0146. The third-order valence-corrected chi connectivity index (χ3v) is 4.60. The van der Waals surface area contributed by atoms with Crippen LogP contribution >= 0.6 is 0 Å². The van der Waals surface area contributed by atoms with Crippen molar-refractivity contribution in [1.82, 2.24) is 4.90 Å². The van der Waals surface area contributed by atoms with Gasteiger partial charge < -0.3 is 10.1 Å². The van der Waals surface area contributed by atoms with Gasteiger partial charge in [-0.15, -0.1) is 0 Å². The van der Waals surface area contributed by atoms with E-state index in [9.17, 15) is 24.5 Å². The molecule has 3 rings (SSSR count). The maximum atomic E-state index is 12.7. The second-order valence-corrected chi connectivity index (χ2v) is 6.60. The standard InChI is InChI=1S/C20H19N3O6/c1-13-11-15(23(27)28)7-8-16(13)21-19(25)17-9-10-18(24)22(17)20(26)29-12-14-5-3-2-4-6-14/h2-8,11,17H,9-10,12H2,1H3,(H,21,25)/t17-/m0/s1. The molecule has 1 heterocycles. The van der Waals surface area contributed by atoms with E-state index in [0.29, 0.717) is 11.3 Å². The van der Waals surface area contributed by atoms with Crippen LogP contribution in [0.3, 0.4) is 0 Å². The molecule has 29 heavy (non-hydrogen) atoms. The van der Waals surface area contributed by atoms with Gasteiger partial charge in [-0.2, -0.15) is 0 Å². The predicted octanol–water partition coefficient (Wildman–Crippen LogP) is 3.17. The number of nitro benzene ring substituents is 1. The number of imide groups is 1. The summed E-state index contributed by atoms with van der Waals surface area (Å²) in [5, 5.41) is 13.5. The van der Waals surface area contributed by atoms with Gasteiger partial charge in [0.1, 0.15) is 12.6 Å². The van der Waals surface area contributed by atoms with Crippen LogP contribution in [0, 0.1) is 17.0 Å². The van der Waals surface area contributed by atoms with Gasteiger partial charge in [0, 0.05) is 24.2 Å². The van der Waals surface area contributed by atoms with Crippen molar-refractivity contribution < 1.29 is 24.0 Å². The number of aryl methyl sites for hydroxylation is 1. The molecule has 0 bridgehead atoms. The summed E-state index contributed by atoms with van der Waals surface area (Å²) in [4.78, 5) is 48.4. The minimum Gasteiger partial charge on any atom is -0.444 e. The van der Waals surface area contributed by atoms with Crippen molar-refractivity contribution >= 4 is 29.3 Å². The molecule has 0 unspecified atom stereocenters. The van der Waals surface area contributed by atoms with Crippen molar-refractivity contribution in [2.24, 2.45) is 0 Å². The Kier molecular flexibility index (Phi) is 5.87. The minimum atomic E-state index is -1.000. The van der Waals surface area contributed by atoms with Crippen LogP contribution in [-0.2, 0) is 20.9 Å². The Bertz CT molecular complexity index is 960. The number of benzene rings is 2. The van der Waals surface area contributed by atoms with Gasteiger partial charge in [0.15, 0.2) is 0 Å². The number of nitrogens with one attached hydrogen (secondary N) is 1. The van der Waals surface area contributed by atoms with Gasteiger partial charge in [-0.25, -0.2) is 9.69 Å². The molecule has 2 aromatic rings. The highest BCUT2D eigenvalue weighted by Gasteiger charge is 2.41. The summed E-state index contributed by atoms with van der Waals surface area (Å²) >= 11 is 0. The number of nitro groups is 1. The number of likely N-dealkylation sites (tertiary alicyclic amines) is 1. The monoisotopic (exact) mass is 397 g/mol. The maximum Gasteiger partial charge on any atom is 0.417 e. The molecule has 1 atom stereocenters. The molecule has 0 aromatic heterocycles. The van der Waals surface area contributed by atoms with E-state index in [4.69, 9.17) is 4.74 Å². The summed E-state index contributed by atoms with van der Waals surface area (Å²) in [6, 6.07) is 12.0. The van der Waals surface area contributed by atoms with Crippen LogP contribution in [0.15, 0.2) is 48.5 Å². The molecule has 0 saturated carbocycles. The number of carbonyl (C=O) groups is 3. The molecule has 9 nitrogen and oxygen atoms in total. The molecule has 1 fully saturated rings. The van der Waals surface area contributed by atoms with Crippen molar-refractivity contribution in [3.05, 3.63) is 69.8 Å². The number of ether oxygens (including phenoxy) is 1. The first kappa shape index (κ1) is 20.0. The zero-order valence-electron chi connectivity index (χ0n) is 15.7. The predicted molar refractivity (Wildman–Crippen MR) is 103 cm³/mol. The number of rotatable bonds is 5. The Labute approximate surface area is 166 Å². The second-order valence-electron chi connectivity index (χ2n) is 6.60. The molecule has 1 aliphatic heterocycles. The second kappa shape index (κ2) is 8.51. The first-order chi connectivity index (χ1) is 13.9. The normalized spacial score (nSPS) is 15.8. The number of hydrogen-bond donors (Lipinski definition) is 1. The molecule has 1 N–H and O–H groups in total. The first-order valence-electron chi connectivity index (χ1n) is 8.95. The van der Waals surface area contributed by atoms with E-state index in [-0.39, 0.29) is 25.1 Å². The fourth-order valence-corrected chi connectivity index (χ4v) is 3.07. The average Bonchev–Trinajstić information content (AvgIpc) is 3.10. The van der Waals surface area contributed by atoms with Crippen LogP contribution in [0.2, 0.25) is 0 Å². The molecule has 9 heteroatoms. The molecule has 0 aliphatic carbocycles. The van der Waals surface area contributed by atoms with Crippen LogP contribution in [0.5, 0.6) is 0 Å². The van der Waals surface area contributed by atoms with E-state index in [1.165, 1.54) is 18.2 Å². The van der Waals surface area contributed by atoms with Gasteiger partial charge in [0.05, 0.1) is 4.92 Å². The van der Waals surface area contributed by atoms with Crippen LogP contribution in [0.4, 0.5) is 16.2 Å². The lowest BCUT2D eigenvalue weighted by molar-refractivity contribution is -0.384. The Balaban J connectivity index is 1.68. The molecular formula is C20H19N3O6. The molecule has 1 aliphatic rings. The van der Waals surface area contributed by atoms with Crippen LogP contribution in [0.25, 0.3) is 0 Å². The van der Waals surface area contributed by atoms with E-state index < -0.39 is 28.9 Å². The Morgan fingerprint density at radius 3 is 2.62 bits per heavy atom. The Morgan fingerprint density at radius 2 is 1.97 bits per heavy atom. The van der Waals surface area contributed by atoms with E-state index in [2.05, 4.69) is 5.32 Å². The summed E-state index contributed by atoms with van der Waals surface area (Å²) in [5.41, 5.74) is 1.53. The number of amides is 3. The Morgan fingerprint density at radius 1 is 1.24 bits per heavy atom. The lowest BCUT2D eigenvalue weighted by Crippen LogP contribution is -2.45. The summed E-state index contributed by atoms with van der Waals surface area (Å²) in [5.74, 6) is -1.03. The van der Waals surface area contributed by atoms with E-state index in [1.807, 2.05) is 6.07 Å². The number of non-ortho nitro benzene ring substituents is 1. The topological polar surface area (TPSA) is 119 Å². The number of anilines is 1. The highest BCUT2D eigenvalue weighted by molar-refractivity contribution is 6.05. The highest BCUT2D eigenvalue weighted by atomic mass is 16.6. The lowest BCUT2D eigenvalue weighted by Gasteiger charge is -2.22. The van der Waals surface area contributed by atoms with Crippen LogP contribution < -0.4 is 5.32 Å². The number of hydrogen-bond acceptors (Lipinski definition) is 6. The van der Waals surface area contributed by atoms with Gasteiger partial charge in [0.2, 0.25) is 11.8 Å². The van der Waals surface area contributed by atoms with Crippen molar-refractivity contribution in [3.8, 4) is 0 Å². The van der Waals surface area contributed by atoms with Gasteiger partial charge in [-0.05, 0) is 30.5 Å². The Hall–Kier alpha value is -3.75. The molecule has 1 saturated heterocycles. The highest BCUT2D eigenvalue weighted by Crippen LogP contribution is 2.25. The summed E-state index contributed by atoms with van der Waals surface area (Å²) < 4.78 is 5.19. The van der Waals surface area contributed by atoms with Crippen molar-refractivity contribution in [2.75, 3.05) is 5.32 Å². The van der Waals surface area contributed by atoms with Gasteiger partial charge in [0.25, 0.3) is 5.69 Å². The molecule has 0 radical (unpaired) electrons. The van der Waals surface area contributed by atoms with Crippen LogP contribution in [-0.4, -0.2) is 33.8 Å². The fraction of sp³-hybridized carbons (Fsp3) is 0.250. The summed E-state index contributed by atoms with van der Waals surface area (Å²) in [6.45, 7) is 1.60. The summed E-state index contributed by atoms with van der Waals surface area (Å²) in [6.07, 6.45) is -0.647. The lowest BCUT2D eigenvalue weighted by atomic mass is 10.1. The van der Waals surface area contributed by atoms with Gasteiger partial charge in [-0.3, -0.25) is 19.7 Å². The fourth-order valence-electron chi connectivity index (χ4n) is 3.07. The quantitative estimate of drug-likeness (QED) is 0.611. The third-order valence-electron chi connectivity index (χ3n) is 4.60. The molecule has 0 spiro atoms. The average molecular weight is 397 g/mol. The zero-order valence-corrected chi connectivity index (χ0v) is 15.7.